The summed E-state index contributed by atoms with van der Waals surface area (Å²) < 4.78 is 0. The first kappa shape index (κ1) is 60.6. The third kappa shape index (κ3) is 9.42. The Labute approximate surface area is 543 Å². The van der Waals surface area contributed by atoms with Crippen LogP contribution in [0, 0.1) is 91.7 Å². The average molecular weight is 1220 g/mol. The summed E-state index contributed by atoms with van der Waals surface area (Å²) in [4.78, 5) is 14.8. The van der Waals surface area contributed by atoms with Crippen LogP contribution in [-0.2, 0) is 11.2 Å². The maximum atomic E-state index is 14.8. The molecule has 7 heteroatoms. The van der Waals surface area contributed by atoms with Crippen LogP contribution in [0.5, 0.6) is 0 Å². The van der Waals surface area contributed by atoms with Crippen molar-refractivity contribution in [3.8, 4) is 0 Å². The number of nitrogens with one attached hydrogen (secondary N) is 2. The molecule has 482 valence electrons. The smallest absolute Gasteiger partial charge is 0.306 e. The zero-order chi connectivity index (χ0) is 62.2. The van der Waals surface area contributed by atoms with Gasteiger partial charge in [0.1, 0.15) is 0 Å². The van der Waals surface area contributed by atoms with E-state index in [1.165, 1.54) is 114 Å². The van der Waals surface area contributed by atoms with Crippen molar-refractivity contribution in [1.82, 2.24) is 10.6 Å². The number of carbonyl (C=O) groups is 1. The van der Waals surface area contributed by atoms with E-state index in [9.17, 15) is 25.2 Å². The van der Waals surface area contributed by atoms with Gasteiger partial charge < -0.3 is 31.1 Å². The summed E-state index contributed by atoms with van der Waals surface area (Å²) in [5, 5.41) is 60.7. The fraction of sp³-hybridized carbons (Fsp3) is 0.607. The molecule has 20 rings (SSSR count). The molecule has 6 aliphatic heterocycles. The molecule has 3 spiro atoms. The number of aliphatic hydroxyl groups is 3. The van der Waals surface area contributed by atoms with Crippen LogP contribution in [0.4, 0.5) is 0 Å². The number of benzene rings is 3. The van der Waals surface area contributed by atoms with Gasteiger partial charge in [-0.1, -0.05) is 167 Å². The quantitative estimate of drug-likeness (QED) is 0.107. The van der Waals surface area contributed by atoms with Crippen molar-refractivity contribution in [3.05, 3.63) is 170 Å². The maximum Gasteiger partial charge on any atom is 0.306 e. The second-order valence-electron chi connectivity index (χ2n) is 33.8. The molecule has 14 bridgehead atoms. The van der Waals surface area contributed by atoms with Gasteiger partial charge in [-0.15, -0.1) is 0 Å². The SMILES string of the molecule is CC(C)CC1=CCC2(C)C(O)CCC34C5=C6CC1(C=C1C(=c7ccccc7=CC13)Cc1cccc(c1)C1=CC=C(NCCCC(C3CCCCC3)C(=CO)CCC(C(=O)O)C3C(O)CC6(C6CCC7(CC8CCC(c9ccccc9)CC8C7)C6)C3(C)CC5)NC1)C24. The Bertz CT molecular complexity index is 3690. The number of hydrogen-bond donors (Lipinski definition) is 6. The molecule has 6 heterocycles. The minimum absolute atomic E-state index is 0.0932. The highest BCUT2D eigenvalue weighted by Gasteiger charge is 2.77. The number of aliphatic hydroxyl groups excluding tert-OH is 3. The topological polar surface area (TPSA) is 122 Å². The van der Waals surface area contributed by atoms with Crippen molar-refractivity contribution in [2.75, 3.05) is 13.1 Å². The van der Waals surface area contributed by atoms with Crippen molar-refractivity contribution in [2.45, 2.75) is 213 Å². The van der Waals surface area contributed by atoms with E-state index in [0.717, 1.165) is 120 Å². The number of hydrogen-bond acceptors (Lipinski definition) is 6. The Hall–Kier alpha value is -5.37. The number of allylic oxidation sites excluding steroid dienone is 9. The largest absolute Gasteiger partial charge is 0.516 e. The Balaban J connectivity index is 0.896. The van der Waals surface area contributed by atoms with E-state index in [2.05, 4.69) is 148 Å². The van der Waals surface area contributed by atoms with Crippen LogP contribution in [0.15, 0.2) is 143 Å². The zero-order valence-corrected chi connectivity index (χ0v) is 55.5. The molecule has 6 N–H and O–H groups in total. The van der Waals surface area contributed by atoms with E-state index in [4.69, 9.17) is 0 Å². The number of rotatable bonds is 6. The summed E-state index contributed by atoms with van der Waals surface area (Å²) in [6.45, 7) is 11.5. The summed E-state index contributed by atoms with van der Waals surface area (Å²) in [5.74, 6) is 2.86. The standard InChI is InChI=1S/C84H106N2O5/c1-52(2)39-63-30-34-79(3)74(89)33-37-83-70-32-35-80(4)76-67(77(90)91)28-26-61(51-87)65(55-18-9-6-10-19-55)23-14-38-85-75-29-27-60(50-86-75)56-21-13-15-53(40-56)41-68-66-22-12-11-20-58(66)43-71(83)69(68)47-82(63,78(79)83)48-72(70)84(80,49-73(76)88)64-31-36-81(46-64)44-59-25-24-57(42-62(59)45-81)54-16-7-5-8-17-54/h5,7-8,11-13,15-17,20-22,27,29-30,40,43,47,51-52,55,57,59,62,64-65,67,71,73-74,76,78,85-89H,6,9-10,14,18-19,23-26,28,31-39,41-42,44-46,48-50H2,1-4H3,(H,90,91). The predicted molar refractivity (Wildman–Crippen MR) is 366 cm³/mol. The van der Waals surface area contributed by atoms with Gasteiger partial charge in [0.2, 0.25) is 0 Å². The molecule has 7 nitrogen and oxygen atoms in total. The molecule has 0 saturated heterocycles. The van der Waals surface area contributed by atoms with Gasteiger partial charge in [0.25, 0.3) is 0 Å². The fourth-order valence-corrected chi connectivity index (χ4v) is 25.9. The van der Waals surface area contributed by atoms with Crippen molar-refractivity contribution in [3.63, 3.8) is 0 Å². The molecule has 17 aliphatic rings. The highest BCUT2D eigenvalue weighted by Crippen LogP contribution is 2.84. The van der Waals surface area contributed by atoms with Crippen LogP contribution < -0.4 is 21.1 Å². The summed E-state index contributed by atoms with van der Waals surface area (Å²) in [6, 6.07) is 30.1. The van der Waals surface area contributed by atoms with Crippen molar-refractivity contribution in [1.29, 1.82) is 0 Å². The molecule has 6 fully saturated rings. The molecular formula is C84H106N2O5. The van der Waals surface area contributed by atoms with Crippen LogP contribution in [0.2, 0.25) is 0 Å². The van der Waals surface area contributed by atoms with E-state index in [1.807, 2.05) is 0 Å². The Morgan fingerprint density at radius 1 is 0.769 bits per heavy atom. The molecule has 11 aliphatic carbocycles. The van der Waals surface area contributed by atoms with Crippen molar-refractivity contribution < 1.29 is 25.2 Å². The molecular weight excluding hydrogens is 1120 g/mol. The lowest BCUT2D eigenvalue weighted by atomic mass is 9.29. The van der Waals surface area contributed by atoms with Gasteiger partial charge in [0.05, 0.1) is 30.2 Å². The molecule has 0 radical (unpaired) electrons. The van der Waals surface area contributed by atoms with E-state index >= 15 is 0 Å². The highest BCUT2D eigenvalue weighted by molar-refractivity contribution is 5.78. The first-order valence-corrected chi connectivity index (χ1v) is 37.0. The molecule has 3 aromatic carbocycles. The first-order chi connectivity index (χ1) is 44.1. The third-order valence-corrected chi connectivity index (χ3v) is 29.3. The van der Waals surface area contributed by atoms with Crippen molar-refractivity contribution in [2.24, 2.45) is 91.7 Å². The average Bonchev–Trinajstić information content (AvgIpc) is 1.50. The van der Waals surface area contributed by atoms with Gasteiger partial charge >= 0.3 is 5.97 Å². The molecule has 3 aromatic rings. The van der Waals surface area contributed by atoms with E-state index in [-0.39, 0.29) is 34.0 Å². The normalized spacial score (nSPS) is 41.4. The zero-order valence-electron chi connectivity index (χ0n) is 55.5. The monoisotopic (exact) mass is 1220 g/mol. The van der Waals surface area contributed by atoms with E-state index in [1.54, 1.807) is 16.7 Å². The number of carboxylic acids is 1. The predicted octanol–water partition coefficient (Wildman–Crippen LogP) is 16.5. The minimum Gasteiger partial charge on any atom is -0.516 e. The molecule has 17 atom stereocenters. The first-order valence-electron chi connectivity index (χ1n) is 37.0. The highest BCUT2D eigenvalue weighted by atomic mass is 16.4. The molecule has 17 unspecified atom stereocenters. The van der Waals surface area contributed by atoms with Crippen LogP contribution in [0.1, 0.15) is 211 Å². The van der Waals surface area contributed by atoms with Gasteiger partial charge in [-0.05, 0) is 261 Å². The Kier molecular flexibility index (Phi) is 15.3. The van der Waals surface area contributed by atoms with Crippen LogP contribution in [-0.4, -0.2) is 51.7 Å². The lowest BCUT2D eigenvalue weighted by molar-refractivity contribution is -0.167. The summed E-state index contributed by atoms with van der Waals surface area (Å²) in [6.07, 6.45) is 39.6. The van der Waals surface area contributed by atoms with Crippen LogP contribution >= 0.6 is 0 Å². The number of carboxylic acid groups (broad SMARTS) is 1. The number of aliphatic carboxylic acids is 1. The maximum absolute atomic E-state index is 14.8. The molecule has 0 aromatic heterocycles. The van der Waals surface area contributed by atoms with Gasteiger partial charge in [-0.2, -0.15) is 0 Å². The van der Waals surface area contributed by atoms with Gasteiger partial charge in [0, 0.05) is 46.6 Å². The van der Waals surface area contributed by atoms with E-state index in [0.29, 0.717) is 42.9 Å². The van der Waals surface area contributed by atoms with Crippen LogP contribution in [0.25, 0.3) is 17.2 Å². The summed E-state index contributed by atoms with van der Waals surface area (Å²) in [7, 11) is 0. The van der Waals surface area contributed by atoms with Gasteiger partial charge in [-0.25, -0.2) is 0 Å². The second kappa shape index (κ2) is 22.9. The summed E-state index contributed by atoms with van der Waals surface area (Å²) >= 11 is 0. The van der Waals surface area contributed by atoms with Gasteiger partial charge in [0.15, 0.2) is 0 Å². The van der Waals surface area contributed by atoms with E-state index < -0.39 is 46.3 Å². The Morgan fingerprint density at radius 2 is 1.59 bits per heavy atom. The third-order valence-electron chi connectivity index (χ3n) is 29.3. The number of dihydropyridines is 1. The van der Waals surface area contributed by atoms with Gasteiger partial charge in [-0.3, -0.25) is 4.79 Å². The molecule has 91 heavy (non-hydrogen) atoms. The van der Waals surface area contributed by atoms with Crippen molar-refractivity contribution >= 4 is 23.2 Å². The molecule has 0 amide bonds. The minimum atomic E-state index is -0.775. The second-order valence-corrected chi connectivity index (χ2v) is 33.8. The Morgan fingerprint density at radius 3 is 2.40 bits per heavy atom. The lowest BCUT2D eigenvalue weighted by Gasteiger charge is -2.74. The lowest BCUT2D eigenvalue weighted by Crippen LogP contribution is -2.69. The number of fused-ring (bicyclic) bond motifs is 2. The summed E-state index contributed by atoms with van der Waals surface area (Å²) in [5.41, 5.74) is 12.6. The van der Waals surface area contributed by atoms with Crippen LogP contribution in [0.3, 0.4) is 0 Å². The fourth-order valence-electron chi connectivity index (χ4n) is 25.9. The molecule has 6 saturated carbocycles.